The van der Waals surface area contributed by atoms with Crippen molar-refractivity contribution in [3.63, 3.8) is 0 Å². The van der Waals surface area contributed by atoms with Crippen LogP contribution in [0.3, 0.4) is 0 Å². The van der Waals surface area contributed by atoms with E-state index in [-0.39, 0.29) is 5.84 Å². The highest BCUT2D eigenvalue weighted by Gasteiger charge is 2.21. The van der Waals surface area contributed by atoms with Crippen LogP contribution in [0.1, 0.15) is 0 Å². The maximum Gasteiger partial charge on any atom is 0.296 e. The van der Waals surface area contributed by atoms with Crippen LogP contribution >= 0.6 is 0 Å². The molecule has 0 atom stereocenters. The van der Waals surface area contributed by atoms with Crippen LogP contribution in [0.15, 0.2) is 17.4 Å². The number of hydrazine groups is 1. The number of amidine groups is 1. The third-order valence-electron chi connectivity index (χ3n) is 1.13. The number of halogens is 2. The van der Waals surface area contributed by atoms with E-state index in [2.05, 4.69) is 17.0 Å². The monoisotopic (exact) mass is 147 g/mol. The standard InChI is InChI=1S/C5H7F2N3/c1-3-8-5(4(6)7)9-10(3)2/h4H,1H2,2H3,(H,8,9). The Hall–Kier alpha value is -1.13. The Labute approximate surface area is 57.0 Å². The Morgan fingerprint density at radius 1 is 1.70 bits per heavy atom. The van der Waals surface area contributed by atoms with Crippen molar-refractivity contribution in [1.82, 2.24) is 10.4 Å². The van der Waals surface area contributed by atoms with Crippen molar-refractivity contribution in [3.8, 4) is 0 Å². The van der Waals surface area contributed by atoms with Crippen LogP contribution in [-0.2, 0) is 0 Å². The largest absolute Gasteiger partial charge is 0.296 e. The molecule has 3 nitrogen and oxygen atoms in total. The van der Waals surface area contributed by atoms with Crippen LogP contribution < -0.4 is 5.43 Å². The SMILES string of the molecule is C=C1N=C(C(F)F)NN1C. The predicted octanol–water partition coefficient (Wildman–Crippen LogP) is 0.571. The van der Waals surface area contributed by atoms with E-state index in [1.807, 2.05) is 0 Å². The van der Waals surface area contributed by atoms with Crippen molar-refractivity contribution >= 4 is 5.84 Å². The average Bonchev–Trinajstić information content (AvgIpc) is 2.13. The van der Waals surface area contributed by atoms with Crippen molar-refractivity contribution in [2.24, 2.45) is 4.99 Å². The zero-order chi connectivity index (χ0) is 7.72. The topological polar surface area (TPSA) is 27.6 Å². The van der Waals surface area contributed by atoms with E-state index >= 15 is 0 Å². The third kappa shape index (κ3) is 1.07. The number of alkyl halides is 2. The summed E-state index contributed by atoms with van der Waals surface area (Å²) in [5.41, 5.74) is 2.34. The van der Waals surface area contributed by atoms with Crippen LogP contribution in [-0.4, -0.2) is 24.3 Å². The molecule has 56 valence electrons. The minimum absolute atomic E-state index is 0.301. The zero-order valence-corrected chi connectivity index (χ0v) is 5.43. The first-order chi connectivity index (χ1) is 4.61. The second kappa shape index (κ2) is 2.24. The zero-order valence-electron chi connectivity index (χ0n) is 5.43. The predicted molar refractivity (Wildman–Crippen MR) is 33.5 cm³/mol. The normalized spacial score (nSPS) is 17.8. The molecule has 0 aromatic rings. The summed E-state index contributed by atoms with van der Waals surface area (Å²) in [7, 11) is 1.57. The maximum atomic E-state index is 11.8. The molecule has 10 heavy (non-hydrogen) atoms. The van der Waals surface area contributed by atoms with Gasteiger partial charge in [0.2, 0.25) is 0 Å². The molecule has 1 aliphatic rings. The van der Waals surface area contributed by atoms with Crippen molar-refractivity contribution in [2.45, 2.75) is 6.43 Å². The summed E-state index contributed by atoms with van der Waals surface area (Å²) in [6.07, 6.45) is -2.55. The number of nitrogens with one attached hydrogen (secondary N) is 1. The lowest BCUT2D eigenvalue weighted by atomic mass is 10.6. The van der Waals surface area contributed by atoms with E-state index in [0.29, 0.717) is 5.82 Å². The van der Waals surface area contributed by atoms with Gasteiger partial charge in [0.25, 0.3) is 6.43 Å². The Morgan fingerprint density at radius 3 is 2.50 bits per heavy atom. The van der Waals surface area contributed by atoms with Crippen molar-refractivity contribution in [3.05, 3.63) is 12.4 Å². The number of nitrogens with zero attached hydrogens (tertiary/aromatic N) is 2. The second-order valence-corrected chi connectivity index (χ2v) is 1.88. The second-order valence-electron chi connectivity index (χ2n) is 1.88. The number of hydrogen-bond acceptors (Lipinski definition) is 3. The number of rotatable bonds is 1. The Balaban J connectivity index is 2.67. The van der Waals surface area contributed by atoms with Gasteiger partial charge in [0.05, 0.1) is 0 Å². The van der Waals surface area contributed by atoms with Crippen LogP contribution in [0.2, 0.25) is 0 Å². The summed E-state index contributed by atoms with van der Waals surface area (Å²) in [6.45, 7) is 3.41. The van der Waals surface area contributed by atoms with Gasteiger partial charge >= 0.3 is 0 Å². The van der Waals surface area contributed by atoms with E-state index in [4.69, 9.17) is 0 Å². The fraction of sp³-hybridized carbons (Fsp3) is 0.400. The summed E-state index contributed by atoms with van der Waals surface area (Å²) in [5, 5.41) is 1.33. The van der Waals surface area contributed by atoms with Gasteiger partial charge in [-0.25, -0.2) is 13.8 Å². The molecule has 0 unspecified atom stereocenters. The molecule has 1 N–H and O–H groups in total. The summed E-state index contributed by atoms with van der Waals surface area (Å²) < 4.78 is 23.7. The molecule has 1 rings (SSSR count). The summed E-state index contributed by atoms with van der Waals surface area (Å²) in [4.78, 5) is 3.46. The lowest BCUT2D eigenvalue weighted by Crippen LogP contribution is -2.34. The molecule has 1 aliphatic heterocycles. The Bertz CT molecular complexity index is 187. The fourth-order valence-corrected chi connectivity index (χ4v) is 0.573. The van der Waals surface area contributed by atoms with E-state index in [1.165, 1.54) is 5.01 Å². The van der Waals surface area contributed by atoms with E-state index in [0.717, 1.165) is 0 Å². The van der Waals surface area contributed by atoms with Crippen molar-refractivity contribution in [2.75, 3.05) is 7.05 Å². The molecule has 0 fully saturated rings. The first-order valence-electron chi connectivity index (χ1n) is 2.67. The van der Waals surface area contributed by atoms with Gasteiger partial charge in [0.15, 0.2) is 5.84 Å². The van der Waals surface area contributed by atoms with Crippen molar-refractivity contribution < 1.29 is 8.78 Å². The molecule has 0 bridgehead atoms. The Kier molecular flexibility index (Phi) is 1.57. The molecule has 0 saturated heterocycles. The molecule has 0 radical (unpaired) electrons. The third-order valence-corrected chi connectivity index (χ3v) is 1.13. The van der Waals surface area contributed by atoms with Gasteiger partial charge in [-0.1, -0.05) is 6.58 Å². The molecule has 0 aromatic heterocycles. The van der Waals surface area contributed by atoms with Crippen LogP contribution in [0.5, 0.6) is 0 Å². The minimum atomic E-state index is -2.55. The summed E-state index contributed by atoms with van der Waals surface area (Å²) in [5.74, 6) is -0.0391. The Morgan fingerprint density at radius 2 is 2.30 bits per heavy atom. The molecule has 0 amide bonds. The first kappa shape index (κ1) is 6.98. The first-order valence-corrected chi connectivity index (χ1v) is 2.67. The summed E-state index contributed by atoms with van der Waals surface area (Å²) in [6, 6.07) is 0. The minimum Gasteiger partial charge on any atom is -0.279 e. The fourth-order valence-electron chi connectivity index (χ4n) is 0.573. The van der Waals surface area contributed by atoms with Gasteiger partial charge in [-0.2, -0.15) is 0 Å². The maximum absolute atomic E-state index is 11.8. The molecular formula is C5H7F2N3. The highest BCUT2D eigenvalue weighted by Crippen LogP contribution is 2.08. The van der Waals surface area contributed by atoms with E-state index in [1.54, 1.807) is 7.05 Å². The van der Waals surface area contributed by atoms with Gasteiger partial charge in [-0.15, -0.1) is 0 Å². The summed E-state index contributed by atoms with van der Waals surface area (Å²) >= 11 is 0. The van der Waals surface area contributed by atoms with E-state index < -0.39 is 6.43 Å². The highest BCUT2D eigenvalue weighted by molar-refractivity contribution is 5.87. The molecule has 0 aromatic carbocycles. The van der Waals surface area contributed by atoms with Gasteiger partial charge < -0.3 is 0 Å². The van der Waals surface area contributed by atoms with Crippen LogP contribution in [0, 0.1) is 0 Å². The number of aliphatic imine (C=N–C) groups is 1. The van der Waals surface area contributed by atoms with Gasteiger partial charge in [0.1, 0.15) is 5.82 Å². The molecule has 1 heterocycles. The van der Waals surface area contributed by atoms with Crippen LogP contribution in [0.4, 0.5) is 8.78 Å². The van der Waals surface area contributed by atoms with Gasteiger partial charge in [-0.05, 0) is 0 Å². The highest BCUT2D eigenvalue weighted by atomic mass is 19.3. The van der Waals surface area contributed by atoms with Gasteiger partial charge in [-0.3, -0.25) is 10.4 Å². The molecular weight excluding hydrogens is 140 g/mol. The molecule has 0 spiro atoms. The smallest absolute Gasteiger partial charge is 0.279 e. The van der Waals surface area contributed by atoms with Gasteiger partial charge in [0, 0.05) is 7.05 Å². The number of hydrogen-bond donors (Lipinski definition) is 1. The molecule has 0 aliphatic carbocycles. The molecule has 0 saturated carbocycles. The average molecular weight is 147 g/mol. The lowest BCUT2D eigenvalue weighted by molar-refractivity contribution is 0.215. The van der Waals surface area contributed by atoms with Crippen molar-refractivity contribution in [1.29, 1.82) is 0 Å². The van der Waals surface area contributed by atoms with E-state index in [9.17, 15) is 8.78 Å². The molecule has 5 heteroatoms. The quantitative estimate of drug-likeness (QED) is 0.587. The van der Waals surface area contributed by atoms with Crippen LogP contribution in [0.25, 0.3) is 0 Å². The lowest BCUT2D eigenvalue weighted by Gasteiger charge is -2.10.